The molecule has 1 aliphatic carbocycles. The average molecular weight is 363 g/mol. The zero-order chi connectivity index (χ0) is 18.1. The van der Waals surface area contributed by atoms with Crippen LogP contribution in [0.25, 0.3) is 0 Å². The summed E-state index contributed by atoms with van der Waals surface area (Å²) in [7, 11) is 0. The molecule has 0 radical (unpaired) electrons. The standard InChI is InChI=1S/C19H25NO4S/c1-18(2,3)7-6-14-12-15(16(25-14)17(21)22)20-13-4-8-19(9-5-13)23-10-11-24-19/h12-13,20H,4-5,8-11H2,1-3H3,(H,21,22). The van der Waals surface area contributed by atoms with Gasteiger partial charge in [-0.25, -0.2) is 4.79 Å². The second kappa shape index (κ2) is 6.99. The van der Waals surface area contributed by atoms with E-state index in [9.17, 15) is 9.90 Å². The predicted molar refractivity (Wildman–Crippen MR) is 98.1 cm³/mol. The van der Waals surface area contributed by atoms with Gasteiger partial charge in [0, 0.05) is 24.3 Å². The number of thiophene rings is 1. The topological polar surface area (TPSA) is 67.8 Å². The van der Waals surface area contributed by atoms with Crippen molar-refractivity contribution in [3.63, 3.8) is 0 Å². The molecule has 1 spiro atoms. The Kier molecular flexibility index (Phi) is 5.10. The lowest BCUT2D eigenvalue weighted by Crippen LogP contribution is -2.39. The fraction of sp³-hybridized carbons (Fsp3) is 0.632. The third kappa shape index (κ3) is 4.55. The molecule has 5 nitrogen and oxygen atoms in total. The summed E-state index contributed by atoms with van der Waals surface area (Å²) in [5.41, 5.74) is 0.560. The van der Waals surface area contributed by atoms with Crippen LogP contribution in [0.4, 0.5) is 5.69 Å². The maximum absolute atomic E-state index is 11.6. The van der Waals surface area contributed by atoms with Crippen molar-refractivity contribution in [3.8, 4) is 11.8 Å². The van der Waals surface area contributed by atoms with Gasteiger partial charge in [0.2, 0.25) is 0 Å². The third-order valence-electron chi connectivity index (χ3n) is 4.41. The molecule has 3 rings (SSSR count). The quantitative estimate of drug-likeness (QED) is 0.796. The molecule has 0 aromatic carbocycles. The van der Waals surface area contributed by atoms with E-state index in [-0.39, 0.29) is 11.5 Å². The highest BCUT2D eigenvalue weighted by Crippen LogP contribution is 2.37. The minimum absolute atomic E-state index is 0.111. The van der Waals surface area contributed by atoms with Crippen LogP contribution in [0.5, 0.6) is 0 Å². The first-order valence-corrected chi connectivity index (χ1v) is 9.53. The molecule has 1 aromatic rings. The summed E-state index contributed by atoms with van der Waals surface area (Å²) in [6, 6.07) is 2.09. The van der Waals surface area contributed by atoms with Crippen molar-refractivity contribution in [1.29, 1.82) is 0 Å². The first kappa shape index (κ1) is 18.2. The molecule has 25 heavy (non-hydrogen) atoms. The number of carboxylic acids is 1. The smallest absolute Gasteiger partial charge is 0.348 e. The van der Waals surface area contributed by atoms with Crippen LogP contribution >= 0.6 is 11.3 Å². The Labute approximate surface area is 152 Å². The number of carbonyl (C=O) groups is 1. The van der Waals surface area contributed by atoms with Crippen LogP contribution in [0.15, 0.2) is 6.07 Å². The van der Waals surface area contributed by atoms with E-state index in [4.69, 9.17) is 9.47 Å². The van der Waals surface area contributed by atoms with Gasteiger partial charge >= 0.3 is 5.97 Å². The van der Waals surface area contributed by atoms with Gasteiger partial charge in [-0.2, -0.15) is 0 Å². The molecule has 0 bridgehead atoms. The highest BCUT2D eigenvalue weighted by atomic mass is 32.1. The van der Waals surface area contributed by atoms with Gasteiger partial charge in [-0.05, 0) is 39.7 Å². The Morgan fingerprint density at radius 2 is 1.96 bits per heavy atom. The lowest BCUT2D eigenvalue weighted by atomic mass is 9.90. The van der Waals surface area contributed by atoms with Crippen molar-refractivity contribution in [2.75, 3.05) is 18.5 Å². The molecule has 2 aliphatic rings. The van der Waals surface area contributed by atoms with Crippen LogP contribution in [0, 0.1) is 17.3 Å². The zero-order valence-electron chi connectivity index (χ0n) is 15.0. The van der Waals surface area contributed by atoms with Crippen LogP contribution in [0.2, 0.25) is 0 Å². The largest absolute Gasteiger partial charge is 0.477 e. The van der Waals surface area contributed by atoms with E-state index in [0.29, 0.717) is 23.8 Å². The number of anilines is 1. The molecule has 1 aromatic heterocycles. The minimum Gasteiger partial charge on any atom is -0.477 e. The molecular weight excluding hydrogens is 338 g/mol. The summed E-state index contributed by atoms with van der Waals surface area (Å²) < 4.78 is 11.5. The zero-order valence-corrected chi connectivity index (χ0v) is 15.8. The van der Waals surface area contributed by atoms with Crippen molar-refractivity contribution in [1.82, 2.24) is 0 Å². The summed E-state index contributed by atoms with van der Waals surface area (Å²) in [6.07, 6.45) is 3.48. The molecule has 2 fully saturated rings. The fourth-order valence-corrected chi connectivity index (χ4v) is 3.99. The highest BCUT2D eigenvalue weighted by molar-refractivity contribution is 7.15. The Morgan fingerprint density at radius 1 is 1.32 bits per heavy atom. The van der Waals surface area contributed by atoms with Crippen molar-refractivity contribution in [2.24, 2.45) is 5.41 Å². The molecule has 1 saturated carbocycles. The Hall–Kier alpha value is -1.55. The van der Waals surface area contributed by atoms with Crippen LogP contribution in [-0.4, -0.2) is 36.1 Å². The lowest BCUT2D eigenvalue weighted by molar-refractivity contribution is -0.177. The predicted octanol–water partition coefficient (Wildman–Crippen LogP) is 3.94. The van der Waals surface area contributed by atoms with Gasteiger partial charge in [0.15, 0.2) is 5.79 Å². The number of nitrogens with one attached hydrogen (secondary N) is 1. The normalized spacial score (nSPS) is 20.3. The number of aromatic carboxylic acids is 1. The molecule has 6 heteroatoms. The van der Waals surface area contributed by atoms with E-state index < -0.39 is 11.8 Å². The first-order valence-electron chi connectivity index (χ1n) is 8.71. The summed E-state index contributed by atoms with van der Waals surface area (Å²) >= 11 is 1.23. The van der Waals surface area contributed by atoms with Gasteiger partial charge in [0.25, 0.3) is 0 Å². The molecule has 2 heterocycles. The summed E-state index contributed by atoms with van der Waals surface area (Å²) in [6.45, 7) is 7.45. The molecule has 1 saturated heterocycles. The van der Waals surface area contributed by atoms with Crippen molar-refractivity contribution < 1.29 is 19.4 Å². The van der Waals surface area contributed by atoms with Crippen molar-refractivity contribution >= 4 is 23.0 Å². The molecule has 1 aliphatic heterocycles. The van der Waals surface area contributed by atoms with Gasteiger partial charge in [-0.15, -0.1) is 11.3 Å². The van der Waals surface area contributed by atoms with Crippen molar-refractivity contribution in [2.45, 2.75) is 58.3 Å². The molecule has 136 valence electrons. The van der Waals surface area contributed by atoms with E-state index in [1.807, 2.05) is 26.8 Å². The SMILES string of the molecule is CC(C)(C)C#Cc1cc(NC2CCC3(CC2)OCCO3)c(C(=O)O)s1. The number of ether oxygens (including phenoxy) is 2. The Balaban J connectivity index is 1.70. The van der Waals surface area contributed by atoms with E-state index in [1.54, 1.807) is 0 Å². The van der Waals surface area contributed by atoms with E-state index in [1.165, 1.54) is 11.3 Å². The molecular formula is C19H25NO4S. The average Bonchev–Trinajstić information content (AvgIpc) is 3.15. The van der Waals surface area contributed by atoms with Crippen molar-refractivity contribution in [3.05, 3.63) is 15.8 Å². The second-order valence-corrected chi connectivity index (χ2v) is 8.74. The molecule has 2 N–H and O–H groups in total. The Morgan fingerprint density at radius 3 is 2.52 bits per heavy atom. The lowest BCUT2D eigenvalue weighted by Gasteiger charge is -2.35. The minimum atomic E-state index is -0.911. The monoisotopic (exact) mass is 363 g/mol. The molecule has 0 amide bonds. The van der Waals surface area contributed by atoms with Crippen LogP contribution in [-0.2, 0) is 9.47 Å². The van der Waals surface area contributed by atoms with Crippen LogP contribution in [0.1, 0.15) is 61.0 Å². The summed E-state index contributed by atoms with van der Waals surface area (Å²) in [5, 5.41) is 12.9. The van der Waals surface area contributed by atoms with E-state index in [0.717, 1.165) is 30.6 Å². The van der Waals surface area contributed by atoms with Crippen LogP contribution in [0.3, 0.4) is 0 Å². The Bertz CT molecular complexity index is 691. The number of rotatable bonds is 3. The second-order valence-electron chi connectivity index (χ2n) is 7.68. The third-order valence-corrected chi connectivity index (χ3v) is 5.45. The van der Waals surface area contributed by atoms with Gasteiger partial charge in [-0.3, -0.25) is 0 Å². The summed E-state index contributed by atoms with van der Waals surface area (Å²) in [4.78, 5) is 12.7. The maximum atomic E-state index is 11.6. The van der Waals surface area contributed by atoms with Gasteiger partial charge in [-0.1, -0.05) is 11.8 Å². The van der Waals surface area contributed by atoms with Crippen LogP contribution < -0.4 is 5.32 Å². The van der Waals surface area contributed by atoms with Gasteiger partial charge in [0.05, 0.1) is 23.8 Å². The number of hydrogen-bond donors (Lipinski definition) is 2. The van der Waals surface area contributed by atoms with E-state index >= 15 is 0 Å². The number of carboxylic acid groups (broad SMARTS) is 1. The number of hydrogen-bond acceptors (Lipinski definition) is 5. The summed E-state index contributed by atoms with van der Waals surface area (Å²) in [5.74, 6) is 4.96. The molecule has 0 unspecified atom stereocenters. The van der Waals surface area contributed by atoms with Gasteiger partial charge in [0.1, 0.15) is 4.88 Å². The fourth-order valence-electron chi connectivity index (χ4n) is 3.18. The first-order chi connectivity index (χ1) is 11.8. The molecule has 0 atom stereocenters. The van der Waals surface area contributed by atoms with E-state index in [2.05, 4.69) is 17.2 Å². The van der Waals surface area contributed by atoms with Gasteiger partial charge < -0.3 is 19.9 Å². The maximum Gasteiger partial charge on any atom is 0.348 e. The highest BCUT2D eigenvalue weighted by Gasteiger charge is 2.40.